The molecule has 1 aliphatic carbocycles. The van der Waals surface area contributed by atoms with Crippen molar-refractivity contribution in [2.24, 2.45) is 0 Å². The van der Waals surface area contributed by atoms with Crippen molar-refractivity contribution in [2.75, 3.05) is 21.3 Å². The third-order valence-corrected chi connectivity index (χ3v) is 3.62. The minimum absolute atomic E-state index is 0.250. The van der Waals surface area contributed by atoms with E-state index in [1.165, 1.54) is 7.11 Å². The summed E-state index contributed by atoms with van der Waals surface area (Å²) in [6.07, 6.45) is 3.02. The van der Waals surface area contributed by atoms with Crippen molar-refractivity contribution in [3.63, 3.8) is 0 Å². The molecule has 20 heavy (non-hydrogen) atoms. The summed E-state index contributed by atoms with van der Waals surface area (Å²) in [5.41, 5.74) is -0.454. The lowest BCUT2D eigenvalue weighted by Gasteiger charge is -2.41. The average molecular weight is 280 g/mol. The van der Waals surface area contributed by atoms with E-state index < -0.39 is 5.60 Å². The van der Waals surface area contributed by atoms with Crippen molar-refractivity contribution in [3.8, 4) is 17.2 Å². The molecular formula is C15H20O5. The van der Waals surface area contributed by atoms with E-state index in [0.29, 0.717) is 17.2 Å². The van der Waals surface area contributed by atoms with Gasteiger partial charge in [0.1, 0.15) is 22.8 Å². The first-order chi connectivity index (χ1) is 9.60. The Bertz CT molecular complexity index is 457. The van der Waals surface area contributed by atoms with Crippen LogP contribution < -0.4 is 14.2 Å². The first-order valence-electron chi connectivity index (χ1n) is 6.60. The van der Waals surface area contributed by atoms with Gasteiger partial charge in [0.15, 0.2) is 0 Å². The molecule has 5 nitrogen and oxygen atoms in total. The highest BCUT2D eigenvalue weighted by Gasteiger charge is 2.42. The zero-order valence-electron chi connectivity index (χ0n) is 12.1. The summed E-state index contributed by atoms with van der Waals surface area (Å²) in [7, 11) is 4.57. The normalized spacial score (nSPS) is 15.9. The fourth-order valence-electron chi connectivity index (χ4n) is 2.31. The molecule has 0 aliphatic heterocycles. The molecule has 0 atom stereocenters. The van der Waals surface area contributed by atoms with Crippen molar-refractivity contribution in [2.45, 2.75) is 31.3 Å². The molecule has 2 rings (SSSR count). The number of carbonyl (C=O) groups is 1. The topological polar surface area (TPSA) is 54.0 Å². The van der Waals surface area contributed by atoms with Gasteiger partial charge in [-0.3, -0.25) is 4.79 Å². The van der Waals surface area contributed by atoms with Crippen LogP contribution in [0.15, 0.2) is 18.2 Å². The Morgan fingerprint density at radius 2 is 1.60 bits per heavy atom. The maximum absolute atomic E-state index is 11.5. The summed E-state index contributed by atoms with van der Waals surface area (Å²) >= 11 is 0. The quantitative estimate of drug-likeness (QED) is 0.750. The highest BCUT2D eigenvalue weighted by molar-refractivity contribution is 5.70. The largest absolute Gasteiger partial charge is 0.496 e. The van der Waals surface area contributed by atoms with Crippen molar-refractivity contribution < 1.29 is 23.7 Å². The van der Waals surface area contributed by atoms with Gasteiger partial charge in [0, 0.05) is 18.2 Å². The van der Waals surface area contributed by atoms with E-state index in [-0.39, 0.29) is 12.4 Å². The first kappa shape index (κ1) is 14.5. The van der Waals surface area contributed by atoms with Gasteiger partial charge in [-0.15, -0.1) is 0 Å². The number of esters is 1. The highest BCUT2D eigenvalue weighted by Crippen LogP contribution is 2.41. The van der Waals surface area contributed by atoms with Crippen LogP contribution >= 0.6 is 0 Å². The molecule has 0 radical (unpaired) electrons. The molecule has 0 saturated heterocycles. The van der Waals surface area contributed by atoms with E-state index in [0.717, 1.165) is 19.3 Å². The van der Waals surface area contributed by atoms with Gasteiger partial charge in [0.2, 0.25) is 0 Å². The molecule has 5 heteroatoms. The molecule has 1 saturated carbocycles. The Kier molecular flexibility index (Phi) is 4.37. The maximum Gasteiger partial charge on any atom is 0.309 e. The van der Waals surface area contributed by atoms with Crippen LogP contribution in [0.5, 0.6) is 17.2 Å². The summed E-state index contributed by atoms with van der Waals surface area (Å²) < 4.78 is 21.2. The SMILES string of the molecule is COC(=O)CC1(Oc2cc(OC)cc(OC)c2)CCC1. The van der Waals surface area contributed by atoms with E-state index >= 15 is 0 Å². The molecule has 1 aromatic carbocycles. The van der Waals surface area contributed by atoms with Gasteiger partial charge < -0.3 is 18.9 Å². The Balaban J connectivity index is 2.16. The summed E-state index contributed by atoms with van der Waals surface area (Å²) in [6, 6.07) is 5.36. The van der Waals surface area contributed by atoms with Crippen LogP contribution in [0.25, 0.3) is 0 Å². The molecule has 1 fully saturated rings. The Labute approximate surface area is 118 Å². The van der Waals surface area contributed by atoms with Crippen LogP contribution in [0.1, 0.15) is 25.7 Å². The third-order valence-electron chi connectivity index (χ3n) is 3.62. The second kappa shape index (κ2) is 6.03. The molecule has 1 aromatic rings. The molecule has 0 bridgehead atoms. The van der Waals surface area contributed by atoms with Gasteiger partial charge >= 0.3 is 5.97 Å². The van der Waals surface area contributed by atoms with Gasteiger partial charge in [0.25, 0.3) is 0 Å². The average Bonchev–Trinajstić information content (AvgIpc) is 2.44. The lowest BCUT2D eigenvalue weighted by atomic mass is 9.77. The predicted molar refractivity (Wildman–Crippen MR) is 73.4 cm³/mol. The summed E-state index contributed by atoms with van der Waals surface area (Å²) in [5, 5.41) is 0. The minimum Gasteiger partial charge on any atom is -0.496 e. The van der Waals surface area contributed by atoms with Crippen molar-refractivity contribution in [1.29, 1.82) is 0 Å². The Hall–Kier alpha value is -1.91. The number of methoxy groups -OCH3 is 3. The molecule has 0 spiro atoms. The number of benzene rings is 1. The highest BCUT2D eigenvalue weighted by atomic mass is 16.5. The zero-order valence-corrected chi connectivity index (χ0v) is 12.1. The van der Waals surface area contributed by atoms with Crippen LogP contribution in [-0.2, 0) is 9.53 Å². The van der Waals surface area contributed by atoms with Gasteiger partial charge in [-0.05, 0) is 19.3 Å². The zero-order chi connectivity index (χ0) is 14.6. The molecule has 110 valence electrons. The second-order valence-corrected chi connectivity index (χ2v) is 4.94. The van der Waals surface area contributed by atoms with Gasteiger partial charge in [-0.25, -0.2) is 0 Å². The predicted octanol–water partition coefficient (Wildman–Crippen LogP) is 2.57. The monoisotopic (exact) mass is 280 g/mol. The van der Waals surface area contributed by atoms with E-state index in [4.69, 9.17) is 18.9 Å². The van der Waals surface area contributed by atoms with E-state index in [1.54, 1.807) is 32.4 Å². The molecule has 0 amide bonds. The Morgan fingerprint density at radius 1 is 1.05 bits per heavy atom. The molecule has 0 N–H and O–H groups in total. The third kappa shape index (κ3) is 3.15. The smallest absolute Gasteiger partial charge is 0.309 e. The van der Waals surface area contributed by atoms with Crippen molar-refractivity contribution in [1.82, 2.24) is 0 Å². The van der Waals surface area contributed by atoms with Crippen LogP contribution in [0, 0.1) is 0 Å². The van der Waals surface area contributed by atoms with Crippen LogP contribution in [0.3, 0.4) is 0 Å². The van der Waals surface area contributed by atoms with E-state index in [9.17, 15) is 4.79 Å². The van der Waals surface area contributed by atoms with E-state index in [2.05, 4.69) is 0 Å². The summed E-state index contributed by atoms with van der Waals surface area (Å²) in [6.45, 7) is 0. The first-order valence-corrected chi connectivity index (χ1v) is 6.60. The lowest BCUT2D eigenvalue weighted by molar-refractivity contribution is -0.148. The Morgan fingerprint density at radius 3 is 2.00 bits per heavy atom. The summed E-state index contributed by atoms with van der Waals surface area (Å²) in [4.78, 5) is 11.5. The number of rotatable bonds is 6. The van der Waals surface area contributed by atoms with Crippen molar-refractivity contribution >= 4 is 5.97 Å². The van der Waals surface area contributed by atoms with Crippen LogP contribution in [-0.4, -0.2) is 32.9 Å². The van der Waals surface area contributed by atoms with Gasteiger partial charge in [0.05, 0.1) is 27.8 Å². The van der Waals surface area contributed by atoms with Crippen LogP contribution in [0.4, 0.5) is 0 Å². The minimum atomic E-state index is -0.454. The van der Waals surface area contributed by atoms with E-state index in [1.807, 2.05) is 0 Å². The van der Waals surface area contributed by atoms with Crippen LogP contribution in [0.2, 0.25) is 0 Å². The molecular weight excluding hydrogens is 260 g/mol. The number of hydrogen-bond donors (Lipinski definition) is 0. The number of ether oxygens (including phenoxy) is 4. The number of carbonyl (C=O) groups excluding carboxylic acids is 1. The lowest BCUT2D eigenvalue weighted by Crippen LogP contribution is -2.45. The van der Waals surface area contributed by atoms with Gasteiger partial charge in [-0.2, -0.15) is 0 Å². The summed E-state index contributed by atoms with van der Waals surface area (Å²) in [5.74, 6) is 1.71. The standard InChI is InChI=1S/C15H20O5/c1-17-11-7-12(18-2)9-13(8-11)20-15(5-4-6-15)10-14(16)19-3/h7-9H,4-6,10H2,1-3H3. The molecule has 1 aliphatic rings. The second-order valence-electron chi connectivity index (χ2n) is 4.94. The fraction of sp³-hybridized carbons (Fsp3) is 0.533. The molecule has 0 aromatic heterocycles. The van der Waals surface area contributed by atoms with Crippen molar-refractivity contribution in [3.05, 3.63) is 18.2 Å². The van der Waals surface area contributed by atoms with Gasteiger partial charge in [-0.1, -0.05) is 0 Å². The maximum atomic E-state index is 11.5. The number of hydrogen-bond acceptors (Lipinski definition) is 5. The molecule has 0 heterocycles. The fourth-order valence-corrected chi connectivity index (χ4v) is 2.31. The molecule has 0 unspecified atom stereocenters.